The molecular formula is C14H16F2N2O3. The van der Waals surface area contributed by atoms with Gasteiger partial charge >= 0.3 is 6.61 Å². The number of amides is 1. The van der Waals surface area contributed by atoms with E-state index in [1.807, 2.05) is 0 Å². The summed E-state index contributed by atoms with van der Waals surface area (Å²) in [7, 11) is 0. The number of hydrogen-bond acceptors (Lipinski definition) is 4. The number of ether oxygens (including phenoxy) is 2. The second kappa shape index (κ2) is 8.74. The molecule has 21 heavy (non-hydrogen) atoms. The van der Waals surface area contributed by atoms with Crippen LogP contribution in [0.2, 0.25) is 0 Å². The highest BCUT2D eigenvalue weighted by molar-refractivity contribution is 5.76. The number of rotatable bonds is 8. The smallest absolute Gasteiger partial charge is 0.387 e. The molecule has 0 fully saturated rings. The fourth-order valence-corrected chi connectivity index (χ4v) is 1.66. The second-order valence-corrected chi connectivity index (χ2v) is 4.03. The third kappa shape index (κ3) is 6.08. The van der Waals surface area contributed by atoms with E-state index >= 15 is 0 Å². The zero-order valence-electron chi connectivity index (χ0n) is 11.6. The Labute approximate surface area is 121 Å². The van der Waals surface area contributed by atoms with Gasteiger partial charge in [-0.15, -0.1) is 0 Å². The molecule has 1 aromatic rings. The Hall–Kier alpha value is -2.36. The van der Waals surface area contributed by atoms with Crippen LogP contribution < -0.4 is 14.8 Å². The monoisotopic (exact) mass is 298 g/mol. The molecule has 0 spiro atoms. The van der Waals surface area contributed by atoms with Gasteiger partial charge in [-0.3, -0.25) is 4.79 Å². The summed E-state index contributed by atoms with van der Waals surface area (Å²) in [4.78, 5) is 11.4. The molecule has 0 atom stereocenters. The van der Waals surface area contributed by atoms with Crippen molar-refractivity contribution in [1.29, 1.82) is 5.26 Å². The fraction of sp³-hybridized carbons (Fsp3) is 0.429. The number of nitrogens with one attached hydrogen (secondary N) is 1. The van der Waals surface area contributed by atoms with Gasteiger partial charge in [0.25, 0.3) is 0 Å². The number of alkyl halides is 2. The lowest BCUT2D eigenvalue weighted by Gasteiger charge is -2.12. The molecule has 7 heteroatoms. The summed E-state index contributed by atoms with van der Waals surface area (Å²) in [6.45, 7) is -0.935. The Balaban J connectivity index is 2.71. The van der Waals surface area contributed by atoms with Crippen LogP contribution in [0.3, 0.4) is 0 Å². The first-order valence-electron chi connectivity index (χ1n) is 6.41. The van der Waals surface area contributed by atoms with Gasteiger partial charge in [-0.05, 0) is 31.0 Å². The molecule has 0 aliphatic carbocycles. The molecule has 1 amide bonds. The molecule has 0 radical (unpaired) electrons. The molecule has 0 saturated carbocycles. The maximum absolute atomic E-state index is 12.4. The summed E-state index contributed by atoms with van der Waals surface area (Å²) in [5.74, 6) is -0.0981. The number of nitriles is 1. The Kier molecular flexibility index (Phi) is 6.95. The van der Waals surface area contributed by atoms with Crippen molar-refractivity contribution in [1.82, 2.24) is 5.32 Å². The van der Waals surface area contributed by atoms with Crippen LogP contribution in [0.25, 0.3) is 0 Å². The molecule has 0 bridgehead atoms. The van der Waals surface area contributed by atoms with Gasteiger partial charge < -0.3 is 14.8 Å². The second-order valence-electron chi connectivity index (χ2n) is 4.03. The molecule has 1 aromatic carbocycles. The maximum Gasteiger partial charge on any atom is 0.387 e. The van der Waals surface area contributed by atoms with Crippen molar-refractivity contribution in [2.24, 2.45) is 0 Å². The van der Waals surface area contributed by atoms with Crippen LogP contribution in [0.1, 0.15) is 18.9 Å². The van der Waals surface area contributed by atoms with Crippen LogP contribution >= 0.6 is 0 Å². The first-order valence-corrected chi connectivity index (χ1v) is 6.41. The van der Waals surface area contributed by atoms with Crippen molar-refractivity contribution < 1.29 is 23.0 Å². The standard InChI is InChI=1S/C14H16F2N2O3/c1-2-20-11-5-3-10(9-12(11)21-14(15)16)4-6-13(19)18-8-7-17/h3,5,9,14H,2,4,6,8H2,1H3,(H,18,19). The molecular weight excluding hydrogens is 282 g/mol. The summed E-state index contributed by atoms with van der Waals surface area (Å²) in [6, 6.07) is 6.44. The SMILES string of the molecule is CCOc1ccc(CCC(=O)NCC#N)cc1OC(F)F. The Morgan fingerprint density at radius 3 is 2.81 bits per heavy atom. The first-order chi connectivity index (χ1) is 10.1. The summed E-state index contributed by atoms with van der Waals surface area (Å²) in [5, 5.41) is 10.7. The van der Waals surface area contributed by atoms with Gasteiger partial charge in [0.1, 0.15) is 6.54 Å². The Morgan fingerprint density at radius 1 is 1.43 bits per heavy atom. The van der Waals surface area contributed by atoms with Gasteiger partial charge in [0.2, 0.25) is 5.91 Å². The molecule has 0 saturated heterocycles. The number of halogens is 2. The van der Waals surface area contributed by atoms with Crippen LogP contribution in [0.4, 0.5) is 8.78 Å². The minimum Gasteiger partial charge on any atom is -0.490 e. The summed E-state index contributed by atoms with van der Waals surface area (Å²) >= 11 is 0. The summed E-state index contributed by atoms with van der Waals surface area (Å²) in [6.07, 6.45) is 0.507. The van der Waals surface area contributed by atoms with Crippen molar-refractivity contribution in [3.63, 3.8) is 0 Å². The number of carbonyl (C=O) groups is 1. The molecule has 1 N–H and O–H groups in total. The minimum absolute atomic E-state index is 0.0537. The van der Waals surface area contributed by atoms with Crippen LogP contribution in [0.5, 0.6) is 11.5 Å². The van der Waals surface area contributed by atoms with Crippen LogP contribution in [-0.4, -0.2) is 25.7 Å². The van der Waals surface area contributed by atoms with Crippen LogP contribution in [0, 0.1) is 11.3 Å². The topological polar surface area (TPSA) is 71.3 Å². The Morgan fingerprint density at radius 2 is 2.19 bits per heavy atom. The van der Waals surface area contributed by atoms with Crippen molar-refractivity contribution in [2.45, 2.75) is 26.4 Å². The number of benzene rings is 1. The van der Waals surface area contributed by atoms with Crippen molar-refractivity contribution in [2.75, 3.05) is 13.2 Å². The van der Waals surface area contributed by atoms with E-state index in [2.05, 4.69) is 10.1 Å². The molecule has 0 heterocycles. The number of nitrogens with zero attached hydrogens (tertiary/aromatic N) is 1. The summed E-state index contributed by atoms with van der Waals surface area (Å²) < 4.78 is 34.3. The van der Waals surface area contributed by atoms with Gasteiger partial charge in [-0.1, -0.05) is 6.07 Å². The minimum atomic E-state index is -2.95. The molecule has 5 nitrogen and oxygen atoms in total. The van der Waals surface area contributed by atoms with Gasteiger partial charge in [-0.2, -0.15) is 14.0 Å². The third-order valence-electron chi connectivity index (χ3n) is 2.53. The number of hydrogen-bond donors (Lipinski definition) is 1. The first kappa shape index (κ1) is 16.7. The highest BCUT2D eigenvalue weighted by Gasteiger charge is 2.12. The van der Waals surface area contributed by atoms with E-state index in [0.717, 1.165) is 0 Å². The largest absolute Gasteiger partial charge is 0.490 e. The molecule has 114 valence electrons. The van der Waals surface area contributed by atoms with E-state index in [0.29, 0.717) is 18.6 Å². The third-order valence-corrected chi connectivity index (χ3v) is 2.53. The van der Waals surface area contributed by atoms with Crippen molar-refractivity contribution >= 4 is 5.91 Å². The maximum atomic E-state index is 12.4. The van der Waals surface area contributed by atoms with Crippen LogP contribution in [-0.2, 0) is 11.2 Å². The lowest BCUT2D eigenvalue weighted by Crippen LogP contribution is -2.23. The molecule has 0 aliphatic rings. The molecule has 0 aliphatic heterocycles. The molecule has 0 unspecified atom stereocenters. The van der Waals surface area contributed by atoms with Gasteiger partial charge in [0, 0.05) is 6.42 Å². The lowest BCUT2D eigenvalue weighted by atomic mass is 10.1. The highest BCUT2D eigenvalue weighted by atomic mass is 19.3. The van der Waals surface area contributed by atoms with E-state index in [1.165, 1.54) is 12.1 Å². The quantitative estimate of drug-likeness (QED) is 0.747. The highest BCUT2D eigenvalue weighted by Crippen LogP contribution is 2.30. The van der Waals surface area contributed by atoms with Gasteiger partial charge in [0.15, 0.2) is 11.5 Å². The number of carbonyl (C=O) groups excluding carboxylic acids is 1. The summed E-state index contributed by atoms with van der Waals surface area (Å²) in [5.41, 5.74) is 0.668. The average Bonchev–Trinajstić information content (AvgIpc) is 2.45. The molecule has 1 rings (SSSR count). The van der Waals surface area contributed by atoms with Crippen LogP contribution in [0.15, 0.2) is 18.2 Å². The molecule has 0 aromatic heterocycles. The van der Waals surface area contributed by atoms with Gasteiger partial charge in [0.05, 0.1) is 12.7 Å². The van der Waals surface area contributed by atoms with E-state index in [9.17, 15) is 13.6 Å². The van der Waals surface area contributed by atoms with Gasteiger partial charge in [-0.25, -0.2) is 0 Å². The number of aryl methyl sites for hydroxylation is 1. The Bertz CT molecular complexity index is 515. The zero-order chi connectivity index (χ0) is 15.7. The average molecular weight is 298 g/mol. The van der Waals surface area contributed by atoms with Crippen molar-refractivity contribution in [3.05, 3.63) is 23.8 Å². The predicted molar refractivity (Wildman–Crippen MR) is 71.2 cm³/mol. The van der Waals surface area contributed by atoms with E-state index < -0.39 is 6.61 Å². The van der Waals surface area contributed by atoms with E-state index in [4.69, 9.17) is 10.00 Å². The predicted octanol–water partition coefficient (Wildman–Crippen LogP) is 2.26. The fourth-order valence-electron chi connectivity index (χ4n) is 1.66. The van der Waals surface area contributed by atoms with E-state index in [1.54, 1.807) is 19.1 Å². The van der Waals surface area contributed by atoms with E-state index in [-0.39, 0.29) is 30.4 Å². The normalized spacial score (nSPS) is 10.0. The zero-order valence-corrected chi connectivity index (χ0v) is 11.6. The lowest BCUT2D eigenvalue weighted by molar-refractivity contribution is -0.120. The van der Waals surface area contributed by atoms with Crippen molar-refractivity contribution in [3.8, 4) is 17.6 Å².